The number of benzene rings is 2. The van der Waals surface area contributed by atoms with Crippen LogP contribution in [0.5, 0.6) is 0 Å². The molecule has 0 bridgehead atoms. The highest BCUT2D eigenvalue weighted by Gasteiger charge is 2.15. The SMILES string of the molecule is CCC(C)NC(=O)c1cc(-c2ccc(C)cc2)nc2ccccc12. The average Bonchev–Trinajstić information content (AvgIpc) is 2.61. The van der Waals surface area contributed by atoms with E-state index in [1.54, 1.807) is 0 Å². The Balaban J connectivity index is 2.12. The molecule has 1 atom stereocenters. The van der Waals surface area contributed by atoms with E-state index < -0.39 is 0 Å². The summed E-state index contributed by atoms with van der Waals surface area (Å²) in [6.07, 6.45) is 0.902. The Hall–Kier alpha value is -2.68. The summed E-state index contributed by atoms with van der Waals surface area (Å²) < 4.78 is 0. The van der Waals surface area contributed by atoms with Gasteiger partial charge in [-0.3, -0.25) is 4.79 Å². The molecule has 0 saturated heterocycles. The molecule has 1 unspecified atom stereocenters. The van der Waals surface area contributed by atoms with Gasteiger partial charge in [-0.05, 0) is 32.4 Å². The predicted octanol–water partition coefficient (Wildman–Crippen LogP) is 4.74. The first kappa shape index (κ1) is 16.2. The number of fused-ring (bicyclic) bond motifs is 1. The zero-order valence-electron chi connectivity index (χ0n) is 14.3. The summed E-state index contributed by atoms with van der Waals surface area (Å²) in [6.45, 7) is 6.14. The topological polar surface area (TPSA) is 42.0 Å². The van der Waals surface area contributed by atoms with Gasteiger partial charge in [0.15, 0.2) is 0 Å². The summed E-state index contributed by atoms with van der Waals surface area (Å²) in [4.78, 5) is 17.5. The minimum absolute atomic E-state index is 0.0451. The zero-order chi connectivity index (χ0) is 17.1. The van der Waals surface area contributed by atoms with Gasteiger partial charge in [-0.2, -0.15) is 0 Å². The summed E-state index contributed by atoms with van der Waals surface area (Å²) in [7, 11) is 0. The Morgan fingerprint density at radius 1 is 1.12 bits per heavy atom. The van der Waals surface area contributed by atoms with Crippen LogP contribution in [0.3, 0.4) is 0 Å². The second kappa shape index (κ2) is 6.83. The highest BCUT2D eigenvalue weighted by molar-refractivity contribution is 6.07. The maximum absolute atomic E-state index is 12.7. The summed E-state index contributed by atoms with van der Waals surface area (Å²) in [6, 6.07) is 18.0. The molecule has 3 heteroatoms. The van der Waals surface area contributed by atoms with Gasteiger partial charge in [0.1, 0.15) is 0 Å². The molecule has 24 heavy (non-hydrogen) atoms. The summed E-state index contributed by atoms with van der Waals surface area (Å²) in [5.41, 5.74) is 4.56. The summed E-state index contributed by atoms with van der Waals surface area (Å²) in [5.74, 6) is -0.0451. The smallest absolute Gasteiger partial charge is 0.252 e. The van der Waals surface area contributed by atoms with E-state index in [9.17, 15) is 4.79 Å². The first-order chi connectivity index (χ1) is 11.6. The third kappa shape index (κ3) is 3.30. The highest BCUT2D eigenvalue weighted by atomic mass is 16.1. The van der Waals surface area contributed by atoms with Crippen LogP contribution in [-0.4, -0.2) is 16.9 Å². The molecule has 0 aliphatic carbocycles. The van der Waals surface area contributed by atoms with Crippen molar-refractivity contribution < 1.29 is 4.79 Å². The average molecular weight is 318 g/mol. The van der Waals surface area contributed by atoms with Crippen LogP contribution in [0.15, 0.2) is 54.6 Å². The van der Waals surface area contributed by atoms with Gasteiger partial charge in [0.05, 0.1) is 16.8 Å². The van der Waals surface area contributed by atoms with E-state index in [1.165, 1.54) is 5.56 Å². The van der Waals surface area contributed by atoms with Gasteiger partial charge in [-0.15, -0.1) is 0 Å². The van der Waals surface area contributed by atoms with Gasteiger partial charge in [-0.1, -0.05) is 55.0 Å². The third-order valence-corrected chi connectivity index (χ3v) is 4.30. The lowest BCUT2D eigenvalue weighted by atomic mass is 10.0. The molecule has 0 aliphatic heterocycles. The fraction of sp³-hybridized carbons (Fsp3) is 0.238. The van der Waals surface area contributed by atoms with Crippen LogP contribution in [0.1, 0.15) is 36.2 Å². The number of nitrogens with zero attached hydrogens (tertiary/aromatic N) is 1. The fourth-order valence-corrected chi connectivity index (χ4v) is 2.64. The van der Waals surface area contributed by atoms with Crippen molar-refractivity contribution in [2.75, 3.05) is 0 Å². The van der Waals surface area contributed by atoms with E-state index in [0.717, 1.165) is 28.6 Å². The van der Waals surface area contributed by atoms with Crippen molar-refractivity contribution in [2.45, 2.75) is 33.2 Å². The van der Waals surface area contributed by atoms with Crippen molar-refractivity contribution in [3.63, 3.8) is 0 Å². The minimum atomic E-state index is -0.0451. The van der Waals surface area contributed by atoms with Gasteiger partial charge in [0, 0.05) is 17.0 Å². The number of hydrogen-bond donors (Lipinski definition) is 1. The van der Waals surface area contributed by atoms with Gasteiger partial charge in [-0.25, -0.2) is 4.98 Å². The number of hydrogen-bond acceptors (Lipinski definition) is 2. The van der Waals surface area contributed by atoms with Crippen molar-refractivity contribution in [1.29, 1.82) is 0 Å². The molecule has 0 fully saturated rings. The lowest BCUT2D eigenvalue weighted by molar-refractivity contribution is 0.0941. The normalized spacial score (nSPS) is 12.1. The molecule has 3 aromatic rings. The van der Waals surface area contributed by atoms with Crippen molar-refractivity contribution in [3.05, 3.63) is 65.7 Å². The molecule has 1 amide bonds. The van der Waals surface area contributed by atoms with Gasteiger partial charge in [0.25, 0.3) is 5.91 Å². The Morgan fingerprint density at radius 2 is 1.83 bits per heavy atom. The number of rotatable bonds is 4. The van der Waals surface area contributed by atoms with Crippen LogP contribution in [0, 0.1) is 6.92 Å². The lowest BCUT2D eigenvalue weighted by Crippen LogP contribution is -2.32. The fourth-order valence-electron chi connectivity index (χ4n) is 2.64. The number of aryl methyl sites for hydroxylation is 1. The number of carbonyl (C=O) groups is 1. The standard InChI is InChI=1S/C21H22N2O/c1-4-15(3)22-21(24)18-13-20(16-11-9-14(2)10-12-16)23-19-8-6-5-7-17(18)19/h5-13,15H,4H2,1-3H3,(H,22,24). The van der Waals surface area contributed by atoms with E-state index in [-0.39, 0.29) is 11.9 Å². The van der Waals surface area contributed by atoms with Crippen molar-refractivity contribution in [3.8, 4) is 11.3 Å². The molecular weight excluding hydrogens is 296 g/mol. The third-order valence-electron chi connectivity index (χ3n) is 4.30. The van der Waals surface area contributed by atoms with Crippen LogP contribution < -0.4 is 5.32 Å². The van der Waals surface area contributed by atoms with E-state index in [0.29, 0.717) is 5.56 Å². The first-order valence-electron chi connectivity index (χ1n) is 8.36. The van der Waals surface area contributed by atoms with Crippen LogP contribution in [0.2, 0.25) is 0 Å². The molecule has 1 heterocycles. The summed E-state index contributed by atoms with van der Waals surface area (Å²) >= 11 is 0. The Labute approximate surface area is 142 Å². The first-order valence-corrected chi connectivity index (χ1v) is 8.36. The van der Waals surface area contributed by atoms with E-state index in [1.807, 2.05) is 49.4 Å². The molecule has 3 rings (SSSR count). The molecule has 122 valence electrons. The molecule has 3 nitrogen and oxygen atoms in total. The largest absolute Gasteiger partial charge is 0.350 e. The second-order valence-corrected chi connectivity index (χ2v) is 6.22. The molecule has 2 aromatic carbocycles. The van der Waals surface area contributed by atoms with Crippen molar-refractivity contribution in [1.82, 2.24) is 10.3 Å². The Morgan fingerprint density at radius 3 is 2.54 bits per heavy atom. The Bertz CT molecular complexity index is 869. The van der Waals surface area contributed by atoms with Crippen molar-refractivity contribution >= 4 is 16.8 Å². The number of pyridine rings is 1. The number of aromatic nitrogens is 1. The maximum atomic E-state index is 12.7. The van der Waals surface area contributed by atoms with Crippen molar-refractivity contribution in [2.24, 2.45) is 0 Å². The molecule has 1 N–H and O–H groups in total. The molecule has 0 spiro atoms. The van der Waals surface area contributed by atoms with Crippen LogP contribution in [0.25, 0.3) is 22.2 Å². The van der Waals surface area contributed by atoms with E-state index in [4.69, 9.17) is 4.98 Å². The molecular formula is C21H22N2O. The van der Waals surface area contributed by atoms with Crippen LogP contribution in [0.4, 0.5) is 0 Å². The van der Waals surface area contributed by atoms with Crippen LogP contribution >= 0.6 is 0 Å². The predicted molar refractivity (Wildman–Crippen MR) is 99.1 cm³/mol. The quantitative estimate of drug-likeness (QED) is 0.755. The molecule has 0 saturated carbocycles. The second-order valence-electron chi connectivity index (χ2n) is 6.22. The van der Waals surface area contributed by atoms with Gasteiger partial charge in [0.2, 0.25) is 0 Å². The number of para-hydroxylation sites is 1. The molecule has 0 radical (unpaired) electrons. The molecule has 0 aliphatic rings. The molecule has 1 aromatic heterocycles. The van der Waals surface area contributed by atoms with E-state index >= 15 is 0 Å². The zero-order valence-corrected chi connectivity index (χ0v) is 14.3. The van der Waals surface area contributed by atoms with Crippen LogP contribution in [-0.2, 0) is 0 Å². The monoisotopic (exact) mass is 318 g/mol. The highest BCUT2D eigenvalue weighted by Crippen LogP contribution is 2.25. The van der Waals surface area contributed by atoms with Gasteiger partial charge >= 0.3 is 0 Å². The van der Waals surface area contributed by atoms with E-state index in [2.05, 4.69) is 31.3 Å². The Kier molecular flexibility index (Phi) is 4.61. The van der Waals surface area contributed by atoms with Gasteiger partial charge < -0.3 is 5.32 Å². The minimum Gasteiger partial charge on any atom is -0.350 e. The number of amides is 1. The lowest BCUT2D eigenvalue weighted by Gasteiger charge is -2.14. The maximum Gasteiger partial charge on any atom is 0.252 e. The number of carbonyl (C=O) groups excluding carboxylic acids is 1. The summed E-state index contributed by atoms with van der Waals surface area (Å²) in [5, 5.41) is 3.94. The number of nitrogens with one attached hydrogen (secondary N) is 1.